The smallest absolute Gasteiger partial charge is 0.331 e. The van der Waals surface area contributed by atoms with Gasteiger partial charge in [0.2, 0.25) is 21.7 Å². The molecule has 0 atom stereocenters. The molecule has 1 aromatic heterocycles. The molecule has 2 N–H and O–H groups in total. The summed E-state index contributed by atoms with van der Waals surface area (Å²) in [5.41, 5.74) is -2.43. The van der Waals surface area contributed by atoms with E-state index in [1.54, 1.807) is 4.98 Å². The molecule has 0 aliphatic carbocycles. The van der Waals surface area contributed by atoms with E-state index in [1.165, 1.54) is 14.1 Å². The predicted molar refractivity (Wildman–Crippen MR) is 60.4 cm³/mol. The van der Waals surface area contributed by atoms with Crippen LogP contribution in [-0.2, 0) is 16.6 Å². The van der Waals surface area contributed by atoms with E-state index in [0.29, 0.717) is 4.57 Å². The summed E-state index contributed by atoms with van der Waals surface area (Å²) >= 11 is 0. The zero-order valence-corrected chi connectivity index (χ0v) is 10.5. The van der Waals surface area contributed by atoms with Crippen molar-refractivity contribution in [3.05, 3.63) is 26.7 Å². The molecule has 0 bridgehead atoms. The second-order valence-electron chi connectivity index (χ2n) is 3.65. The Labute approximate surface area is 101 Å². The van der Waals surface area contributed by atoms with Crippen LogP contribution in [0.25, 0.3) is 0 Å². The van der Waals surface area contributed by atoms with Gasteiger partial charge in [-0.2, -0.15) is 4.39 Å². The Balaban J connectivity index is 3.12. The third-order valence-electron chi connectivity index (χ3n) is 2.25. The second-order valence-corrected chi connectivity index (χ2v) is 5.95. The normalized spacial score (nSPS) is 12.0. The van der Waals surface area contributed by atoms with Crippen LogP contribution in [0, 0.1) is 5.82 Å². The standard InChI is InChI=1S/C8H12FN3O5S/c1-11(2)18(16,17)4-3-12-7(14)5(9)6(13)10-8(12)15/h14H,3-4H2,1-2H3,(H,10,13,15). The maximum Gasteiger partial charge on any atom is 0.331 e. The average Bonchev–Trinajstić information content (AvgIpc) is 2.25. The van der Waals surface area contributed by atoms with Crippen LogP contribution in [0.1, 0.15) is 0 Å². The number of aromatic hydroxyl groups is 1. The highest BCUT2D eigenvalue weighted by Crippen LogP contribution is 2.07. The van der Waals surface area contributed by atoms with Gasteiger partial charge in [-0.25, -0.2) is 17.5 Å². The molecule has 102 valence electrons. The van der Waals surface area contributed by atoms with Gasteiger partial charge in [-0.1, -0.05) is 0 Å². The van der Waals surface area contributed by atoms with Crippen LogP contribution in [0.2, 0.25) is 0 Å². The van der Waals surface area contributed by atoms with Crippen LogP contribution in [0.15, 0.2) is 9.59 Å². The van der Waals surface area contributed by atoms with Crippen molar-refractivity contribution in [3.63, 3.8) is 0 Å². The average molecular weight is 281 g/mol. The van der Waals surface area contributed by atoms with Crippen molar-refractivity contribution in [3.8, 4) is 5.88 Å². The molecule has 0 spiro atoms. The van der Waals surface area contributed by atoms with Gasteiger partial charge in [-0.3, -0.25) is 14.3 Å². The molecular formula is C8H12FN3O5S. The number of sulfonamides is 1. The minimum Gasteiger partial charge on any atom is -0.492 e. The van der Waals surface area contributed by atoms with E-state index in [4.69, 9.17) is 0 Å². The summed E-state index contributed by atoms with van der Waals surface area (Å²) in [6, 6.07) is 0. The van der Waals surface area contributed by atoms with Crippen LogP contribution in [0.5, 0.6) is 5.88 Å². The molecule has 1 rings (SSSR count). The van der Waals surface area contributed by atoms with E-state index in [2.05, 4.69) is 0 Å². The monoisotopic (exact) mass is 281 g/mol. The summed E-state index contributed by atoms with van der Waals surface area (Å²) in [7, 11) is -1.01. The quantitative estimate of drug-likeness (QED) is 0.681. The summed E-state index contributed by atoms with van der Waals surface area (Å²) in [4.78, 5) is 23.7. The van der Waals surface area contributed by atoms with Crippen molar-refractivity contribution in [2.75, 3.05) is 19.8 Å². The number of rotatable bonds is 4. The van der Waals surface area contributed by atoms with Crippen molar-refractivity contribution < 1.29 is 17.9 Å². The van der Waals surface area contributed by atoms with Crippen LogP contribution in [0.4, 0.5) is 4.39 Å². The van der Waals surface area contributed by atoms with Gasteiger partial charge in [-0.15, -0.1) is 0 Å². The highest BCUT2D eigenvalue weighted by atomic mass is 32.2. The van der Waals surface area contributed by atoms with Crippen molar-refractivity contribution >= 4 is 10.0 Å². The van der Waals surface area contributed by atoms with Crippen molar-refractivity contribution in [2.45, 2.75) is 6.54 Å². The van der Waals surface area contributed by atoms with E-state index in [-0.39, 0.29) is 0 Å². The molecular weight excluding hydrogens is 269 g/mol. The van der Waals surface area contributed by atoms with Gasteiger partial charge in [0.15, 0.2) is 0 Å². The molecule has 1 heterocycles. The maximum atomic E-state index is 13.0. The van der Waals surface area contributed by atoms with Crippen LogP contribution < -0.4 is 11.2 Å². The Bertz CT molecular complexity index is 660. The highest BCUT2D eigenvalue weighted by Gasteiger charge is 2.18. The SMILES string of the molecule is CN(C)S(=O)(=O)CCn1c(O)c(F)c(=O)[nH]c1=O. The van der Waals surface area contributed by atoms with E-state index < -0.39 is 45.3 Å². The zero-order chi connectivity index (χ0) is 14.1. The summed E-state index contributed by atoms with van der Waals surface area (Å²) in [5, 5.41) is 9.25. The fourth-order valence-corrected chi connectivity index (χ4v) is 1.91. The zero-order valence-electron chi connectivity index (χ0n) is 9.68. The molecule has 1 aromatic rings. The van der Waals surface area contributed by atoms with Gasteiger partial charge in [0.25, 0.3) is 5.56 Å². The van der Waals surface area contributed by atoms with E-state index in [0.717, 1.165) is 4.31 Å². The first-order valence-electron chi connectivity index (χ1n) is 4.78. The Hall–Kier alpha value is -1.68. The topological polar surface area (TPSA) is 112 Å². The van der Waals surface area contributed by atoms with Crippen molar-refractivity contribution in [1.29, 1.82) is 0 Å². The number of nitrogens with zero attached hydrogens (tertiary/aromatic N) is 2. The third kappa shape index (κ3) is 2.76. The highest BCUT2D eigenvalue weighted by molar-refractivity contribution is 7.89. The summed E-state index contributed by atoms with van der Waals surface area (Å²) < 4.78 is 37.3. The number of hydrogen-bond acceptors (Lipinski definition) is 5. The predicted octanol–water partition coefficient (Wildman–Crippen LogP) is -1.73. The Morgan fingerprint density at radius 1 is 1.39 bits per heavy atom. The maximum absolute atomic E-state index is 13.0. The van der Waals surface area contributed by atoms with Gasteiger partial charge in [0, 0.05) is 20.6 Å². The lowest BCUT2D eigenvalue weighted by molar-refractivity contribution is 0.364. The molecule has 0 unspecified atom stereocenters. The molecule has 0 saturated carbocycles. The summed E-state index contributed by atoms with van der Waals surface area (Å²) in [5.74, 6) is -3.23. The second kappa shape index (κ2) is 4.90. The minimum atomic E-state index is -3.60. The van der Waals surface area contributed by atoms with Crippen LogP contribution in [-0.4, -0.2) is 47.2 Å². The lowest BCUT2D eigenvalue weighted by Crippen LogP contribution is -2.35. The minimum absolute atomic E-state index is 0.442. The summed E-state index contributed by atoms with van der Waals surface area (Å²) in [6.07, 6.45) is 0. The van der Waals surface area contributed by atoms with Gasteiger partial charge in [0.05, 0.1) is 5.75 Å². The van der Waals surface area contributed by atoms with E-state index >= 15 is 0 Å². The van der Waals surface area contributed by atoms with Gasteiger partial charge in [0.1, 0.15) is 0 Å². The Kier molecular flexibility index (Phi) is 3.92. The fraction of sp³-hybridized carbons (Fsp3) is 0.500. The lowest BCUT2D eigenvalue weighted by Gasteiger charge is -2.12. The number of H-pyrrole nitrogens is 1. The number of hydrogen-bond donors (Lipinski definition) is 2. The molecule has 0 aliphatic heterocycles. The van der Waals surface area contributed by atoms with Crippen molar-refractivity contribution in [2.24, 2.45) is 0 Å². The summed E-state index contributed by atoms with van der Waals surface area (Å²) in [6.45, 7) is -0.473. The first kappa shape index (κ1) is 14.4. The van der Waals surface area contributed by atoms with E-state index in [1.807, 2.05) is 0 Å². The molecule has 0 saturated heterocycles. The first-order valence-corrected chi connectivity index (χ1v) is 6.39. The number of nitrogens with one attached hydrogen (secondary N) is 1. The molecule has 0 aliphatic rings. The Morgan fingerprint density at radius 2 is 1.94 bits per heavy atom. The number of aromatic amines is 1. The van der Waals surface area contributed by atoms with Crippen molar-refractivity contribution in [1.82, 2.24) is 13.9 Å². The first-order chi connectivity index (χ1) is 8.16. The number of aromatic nitrogens is 2. The van der Waals surface area contributed by atoms with Crippen LogP contribution in [0.3, 0.4) is 0 Å². The molecule has 0 aromatic carbocycles. The molecule has 8 nitrogen and oxygen atoms in total. The van der Waals surface area contributed by atoms with Gasteiger partial charge < -0.3 is 5.11 Å². The van der Waals surface area contributed by atoms with Gasteiger partial charge >= 0.3 is 5.69 Å². The molecule has 10 heteroatoms. The van der Waals surface area contributed by atoms with Crippen LogP contribution >= 0.6 is 0 Å². The molecule has 18 heavy (non-hydrogen) atoms. The molecule has 0 amide bonds. The van der Waals surface area contributed by atoms with Gasteiger partial charge in [-0.05, 0) is 0 Å². The molecule has 0 radical (unpaired) electrons. The number of halogens is 1. The fourth-order valence-electron chi connectivity index (χ4n) is 1.13. The van der Waals surface area contributed by atoms with E-state index in [9.17, 15) is 27.5 Å². The lowest BCUT2D eigenvalue weighted by atomic mass is 10.5. The third-order valence-corrected chi connectivity index (χ3v) is 4.06. The Morgan fingerprint density at radius 3 is 2.44 bits per heavy atom. The molecule has 0 fully saturated rings. The largest absolute Gasteiger partial charge is 0.492 e.